The molecule has 2 rings (SSSR count). The minimum absolute atomic E-state index is 0.173. The lowest BCUT2D eigenvalue weighted by Crippen LogP contribution is -2.44. The number of aryl methyl sites for hydroxylation is 1. The maximum Gasteiger partial charge on any atom is 0.264 e. The molecule has 1 aliphatic rings. The van der Waals surface area contributed by atoms with Crippen LogP contribution in [0.3, 0.4) is 0 Å². The van der Waals surface area contributed by atoms with Crippen molar-refractivity contribution < 1.29 is 4.79 Å². The largest absolute Gasteiger partial charge is 0.335 e. The first-order valence-corrected chi connectivity index (χ1v) is 8.01. The topological polar surface area (TPSA) is 46.3 Å². The Labute approximate surface area is 120 Å². The van der Waals surface area contributed by atoms with Crippen LogP contribution in [0.2, 0.25) is 0 Å². The van der Waals surface area contributed by atoms with Crippen LogP contribution in [0.15, 0.2) is 9.85 Å². The summed E-state index contributed by atoms with van der Waals surface area (Å²) in [7, 11) is 0. The van der Waals surface area contributed by atoms with Crippen molar-refractivity contribution >= 4 is 33.2 Å². The van der Waals surface area contributed by atoms with E-state index in [0.717, 1.165) is 40.0 Å². The second-order valence-electron chi connectivity index (χ2n) is 4.79. The number of nitrogens with zero attached hydrogens (tertiary/aromatic N) is 1. The zero-order valence-electron chi connectivity index (χ0n) is 10.6. The summed E-state index contributed by atoms with van der Waals surface area (Å²) >= 11 is 5.01. The Morgan fingerprint density at radius 1 is 1.61 bits per heavy atom. The fraction of sp³-hybridized carbons (Fsp3) is 0.615. The normalized spacial score (nSPS) is 20.2. The summed E-state index contributed by atoms with van der Waals surface area (Å²) in [5.74, 6) is 0.173. The average molecular weight is 331 g/mol. The molecule has 3 nitrogen and oxygen atoms in total. The van der Waals surface area contributed by atoms with E-state index in [1.165, 1.54) is 17.8 Å². The minimum Gasteiger partial charge on any atom is -0.335 e. The molecule has 0 aliphatic carbocycles. The molecule has 1 aliphatic heterocycles. The predicted octanol–water partition coefficient (Wildman–Crippen LogP) is 3.16. The van der Waals surface area contributed by atoms with Gasteiger partial charge < -0.3 is 10.6 Å². The van der Waals surface area contributed by atoms with Gasteiger partial charge in [0.05, 0.1) is 8.66 Å². The van der Waals surface area contributed by atoms with E-state index < -0.39 is 0 Å². The third-order valence-corrected chi connectivity index (χ3v) is 5.58. The van der Waals surface area contributed by atoms with Gasteiger partial charge in [0, 0.05) is 12.6 Å². The maximum absolute atomic E-state index is 12.5. The number of carbonyl (C=O) groups is 1. The molecule has 1 aromatic heterocycles. The van der Waals surface area contributed by atoms with Crippen LogP contribution < -0.4 is 5.73 Å². The first-order valence-electron chi connectivity index (χ1n) is 6.40. The van der Waals surface area contributed by atoms with Gasteiger partial charge in [0.2, 0.25) is 0 Å². The number of likely N-dealkylation sites (tertiary alicyclic amines) is 1. The quantitative estimate of drug-likeness (QED) is 0.925. The van der Waals surface area contributed by atoms with Crippen molar-refractivity contribution in [3.8, 4) is 0 Å². The summed E-state index contributed by atoms with van der Waals surface area (Å²) in [6, 6.07) is 2.31. The summed E-state index contributed by atoms with van der Waals surface area (Å²) in [6.07, 6.45) is 4.33. The van der Waals surface area contributed by atoms with Gasteiger partial charge in [-0.15, -0.1) is 11.3 Å². The number of piperidine rings is 1. The van der Waals surface area contributed by atoms with Crippen LogP contribution in [-0.4, -0.2) is 29.9 Å². The van der Waals surface area contributed by atoms with E-state index in [2.05, 4.69) is 15.9 Å². The lowest BCUT2D eigenvalue weighted by molar-refractivity contribution is 0.0610. The standard InChI is InChI=1S/C13H19BrN2OS/c1-9-8-11(18-12(9)14)13(17)16-7-3-2-4-10(16)5-6-15/h8,10H,2-7,15H2,1H3. The van der Waals surface area contributed by atoms with Crippen molar-refractivity contribution in [3.05, 3.63) is 20.3 Å². The van der Waals surface area contributed by atoms with Gasteiger partial charge in [-0.3, -0.25) is 4.79 Å². The zero-order valence-corrected chi connectivity index (χ0v) is 13.0. The Morgan fingerprint density at radius 2 is 2.39 bits per heavy atom. The summed E-state index contributed by atoms with van der Waals surface area (Å²) < 4.78 is 1.05. The van der Waals surface area contributed by atoms with E-state index >= 15 is 0 Å². The number of carbonyl (C=O) groups excluding carboxylic acids is 1. The molecule has 18 heavy (non-hydrogen) atoms. The van der Waals surface area contributed by atoms with Crippen LogP contribution in [-0.2, 0) is 0 Å². The Balaban J connectivity index is 2.15. The molecular formula is C13H19BrN2OS. The van der Waals surface area contributed by atoms with E-state index in [9.17, 15) is 4.79 Å². The molecule has 1 aromatic rings. The van der Waals surface area contributed by atoms with E-state index in [4.69, 9.17) is 5.73 Å². The monoisotopic (exact) mass is 330 g/mol. The average Bonchev–Trinajstić information content (AvgIpc) is 2.70. The van der Waals surface area contributed by atoms with Gasteiger partial charge in [0.15, 0.2) is 0 Å². The van der Waals surface area contributed by atoms with Crippen LogP contribution in [0.5, 0.6) is 0 Å². The molecule has 0 saturated carbocycles. The van der Waals surface area contributed by atoms with Crippen molar-refractivity contribution in [1.29, 1.82) is 0 Å². The number of nitrogens with two attached hydrogens (primary N) is 1. The first-order chi connectivity index (χ1) is 8.63. The highest BCUT2D eigenvalue weighted by atomic mass is 79.9. The molecule has 0 bridgehead atoms. The van der Waals surface area contributed by atoms with Crippen LogP contribution >= 0.6 is 27.3 Å². The van der Waals surface area contributed by atoms with Crippen molar-refractivity contribution in [2.75, 3.05) is 13.1 Å². The number of thiophene rings is 1. The predicted molar refractivity (Wildman–Crippen MR) is 79.1 cm³/mol. The second-order valence-corrected chi connectivity index (χ2v) is 7.16. The number of hydrogen-bond donors (Lipinski definition) is 1. The minimum atomic E-state index is 0.173. The highest BCUT2D eigenvalue weighted by molar-refractivity contribution is 9.11. The highest BCUT2D eigenvalue weighted by Gasteiger charge is 2.27. The van der Waals surface area contributed by atoms with Crippen molar-refractivity contribution in [2.45, 2.75) is 38.6 Å². The molecule has 1 amide bonds. The molecule has 5 heteroatoms. The lowest BCUT2D eigenvalue weighted by atomic mass is 9.99. The van der Waals surface area contributed by atoms with E-state index in [0.29, 0.717) is 12.6 Å². The SMILES string of the molecule is Cc1cc(C(=O)N2CCCCC2CCN)sc1Br. The lowest BCUT2D eigenvalue weighted by Gasteiger charge is -2.35. The molecule has 1 unspecified atom stereocenters. The smallest absolute Gasteiger partial charge is 0.264 e. The summed E-state index contributed by atoms with van der Waals surface area (Å²) in [5, 5.41) is 0. The molecule has 0 spiro atoms. The van der Waals surface area contributed by atoms with Gasteiger partial charge in [-0.25, -0.2) is 0 Å². The molecule has 0 aromatic carbocycles. The summed E-state index contributed by atoms with van der Waals surface area (Å²) in [5.41, 5.74) is 6.78. The zero-order chi connectivity index (χ0) is 13.1. The fourth-order valence-electron chi connectivity index (χ4n) is 2.47. The van der Waals surface area contributed by atoms with Crippen molar-refractivity contribution in [1.82, 2.24) is 4.90 Å². The van der Waals surface area contributed by atoms with E-state index in [1.807, 2.05) is 17.9 Å². The highest BCUT2D eigenvalue weighted by Crippen LogP contribution is 2.30. The Kier molecular flexibility index (Phi) is 4.81. The van der Waals surface area contributed by atoms with Crippen molar-refractivity contribution in [2.24, 2.45) is 5.73 Å². The fourth-order valence-corrected chi connectivity index (χ4v) is 3.96. The number of rotatable bonds is 3. The second kappa shape index (κ2) is 6.17. The number of hydrogen-bond acceptors (Lipinski definition) is 3. The maximum atomic E-state index is 12.5. The van der Waals surface area contributed by atoms with Crippen molar-refractivity contribution in [3.63, 3.8) is 0 Å². The Morgan fingerprint density at radius 3 is 3.00 bits per heavy atom. The summed E-state index contributed by atoms with van der Waals surface area (Å²) in [6.45, 7) is 3.55. The first kappa shape index (κ1) is 14.0. The number of halogens is 1. The molecule has 0 radical (unpaired) electrons. The van der Waals surface area contributed by atoms with Gasteiger partial charge in [0.25, 0.3) is 5.91 Å². The molecule has 2 heterocycles. The van der Waals surface area contributed by atoms with Crippen LogP contribution in [0, 0.1) is 6.92 Å². The molecule has 2 N–H and O–H groups in total. The Hall–Kier alpha value is -0.390. The van der Waals surface area contributed by atoms with E-state index in [-0.39, 0.29) is 5.91 Å². The summed E-state index contributed by atoms with van der Waals surface area (Å²) in [4.78, 5) is 15.4. The van der Waals surface area contributed by atoms with Gasteiger partial charge in [0.1, 0.15) is 0 Å². The van der Waals surface area contributed by atoms with Gasteiger partial charge in [-0.2, -0.15) is 0 Å². The van der Waals surface area contributed by atoms with Crippen LogP contribution in [0.1, 0.15) is 40.9 Å². The van der Waals surface area contributed by atoms with Gasteiger partial charge in [-0.05, 0) is 66.7 Å². The number of amides is 1. The third-order valence-electron chi connectivity index (χ3n) is 3.46. The van der Waals surface area contributed by atoms with Crippen LogP contribution in [0.4, 0.5) is 0 Å². The molecule has 1 fully saturated rings. The van der Waals surface area contributed by atoms with E-state index in [1.54, 1.807) is 0 Å². The molecule has 1 atom stereocenters. The molecule has 100 valence electrons. The third kappa shape index (κ3) is 2.95. The van der Waals surface area contributed by atoms with Gasteiger partial charge >= 0.3 is 0 Å². The van der Waals surface area contributed by atoms with Crippen LogP contribution in [0.25, 0.3) is 0 Å². The Bertz CT molecular complexity index is 411. The molecular weight excluding hydrogens is 312 g/mol. The molecule has 1 saturated heterocycles. The van der Waals surface area contributed by atoms with Gasteiger partial charge in [-0.1, -0.05) is 0 Å².